The van der Waals surface area contributed by atoms with E-state index in [-0.39, 0.29) is 5.97 Å². The summed E-state index contributed by atoms with van der Waals surface area (Å²) >= 11 is 0. The molecule has 0 radical (unpaired) electrons. The Balaban J connectivity index is 2.25. The van der Waals surface area contributed by atoms with E-state index in [1.54, 1.807) is 6.08 Å². The molecule has 0 unspecified atom stereocenters. The van der Waals surface area contributed by atoms with Crippen LogP contribution in [-0.4, -0.2) is 12.6 Å². The van der Waals surface area contributed by atoms with Crippen molar-refractivity contribution in [2.45, 2.75) is 19.8 Å². The second kappa shape index (κ2) is 8.34. The molecule has 0 spiro atoms. The number of rotatable bonds is 6. The van der Waals surface area contributed by atoms with Crippen molar-refractivity contribution in [2.24, 2.45) is 0 Å². The molecule has 0 aliphatic carbocycles. The average molecular weight is 230 g/mol. The third-order valence-electron chi connectivity index (χ3n) is 2.14. The molecule has 0 atom stereocenters. The van der Waals surface area contributed by atoms with E-state index < -0.39 is 0 Å². The number of carbonyl (C=O) groups is 1. The second-order valence-corrected chi connectivity index (χ2v) is 3.58. The van der Waals surface area contributed by atoms with Gasteiger partial charge in [-0.1, -0.05) is 49.4 Å². The first-order valence-corrected chi connectivity index (χ1v) is 5.88. The summed E-state index contributed by atoms with van der Waals surface area (Å²) in [6.45, 7) is 2.51. The summed E-state index contributed by atoms with van der Waals surface area (Å²) in [4.78, 5) is 11.3. The molecule has 0 saturated carbocycles. The molecule has 90 valence electrons. The molecule has 0 N–H and O–H groups in total. The summed E-state index contributed by atoms with van der Waals surface area (Å²) in [6, 6.07) is 9.68. The molecule has 2 nitrogen and oxygen atoms in total. The van der Waals surface area contributed by atoms with Crippen LogP contribution in [0.15, 0.2) is 48.6 Å². The Hall–Kier alpha value is -1.83. The van der Waals surface area contributed by atoms with Crippen molar-refractivity contribution in [1.82, 2.24) is 0 Å². The summed E-state index contributed by atoms with van der Waals surface area (Å²) in [5.74, 6) is -0.293. The first-order chi connectivity index (χ1) is 8.33. The minimum atomic E-state index is -0.293. The number of benzene rings is 1. The van der Waals surface area contributed by atoms with Gasteiger partial charge in [-0.15, -0.1) is 0 Å². The Labute approximate surface area is 103 Å². The lowest BCUT2D eigenvalue weighted by molar-refractivity contribution is -0.137. The highest BCUT2D eigenvalue weighted by Gasteiger charge is 1.94. The highest BCUT2D eigenvalue weighted by molar-refractivity contribution is 5.86. The van der Waals surface area contributed by atoms with E-state index in [0.717, 1.165) is 18.4 Å². The van der Waals surface area contributed by atoms with Crippen molar-refractivity contribution in [3.63, 3.8) is 0 Å². The van der Waals surface area contributed by atoms with Gasteiger partial charge < -0.3 is 4.74 Å². The molecule has 0 aromatic heterocycles. The molecule has 1 rings (SSSR count). The SMILES string of the molecule is CC/C=C\CCOC(=O)/C=C\c1ccccc1. The maximum atomic E-state index is 11.3. The van der Waals surface area contributed by atoms with E-state index in [0.29, 0.717) is 6.61 Å². The van der Waals surface area contributed by atoms with Gasteiger partial charge in [0.25, 0.3) is 0 Å². The molecule has 1 aromatic carbocycles. The molecule has 2 heteroatoms. The molecule has 0 aliphatic heterocycles. The van der Waals surface area contributed by atoms with Crippen LogP contribution in [0.25, 0.3) is 6.08 Å². The van der Waals surface area contributed by atoms with Gasteiger partial charge in [0.15, 0.2) is 0 Å². The Morgan fingerprint density at radius 3 is 2.71 bits per heavy atom. The monoisotopic (exact) mass is 230 g/mol. The van der Waals surface area contributed by atoms with Gasteiger partial charge in [-0.3, -0.25) is 0 Å². The van der Waals surface area contributed by atoms with E-state index in [4.69, 9.17) is 4.74 Å². The molecule has 1 aromatic rings. The minimum Gasteiger partial charge on any atom is -0.462 e. The van der Waals surface area contributed by atoms with Crippen LogP contribution < -0.4 is 0 Å². The van der Waals surface area contributed by atoms with Crippen LogP contribution in [-0.2, 0) is 9.53 Å². The Morgan fingerprint density at radius 2 is 2.00 bits per heavy atom. The fourth-order valence-electron chi connectivity index (χ4n) is 1.29. The van der Waals surface area contributed by atoms with E-state index in [1.807, 2.05) is 36.4 Å². The van der Waals surface area contributed by atoms with Gasteiger partial charge in [0.2, 0.25) is 0 Å². The standard InChI is InChI=1S/C15H18O2/c1-2-3-4-8-13-17-15(16)12-11-14-9-6-5-7-10-14/h3-7,9-12H,2,8,13H2,1H3/b4-3-,12-11-. The second-order valence-electron chi connectivity index (χ2n) is 3.58. The van der Waals surface area contributed by atoms with Crippen molar-refractivity contribution in [2.75, 3.05) is 6.61 Å². The molecule has 17 heavy (non-hydrogen) atoms. The third kappa shape index (κ3) is 6.36. The van der Waals surface area contributed by atoms with Crippen LogP contribution in [0.3, 0.4) is 0 Å². The lowest BCUT2D eigenvalue weighted by Crippen LogP contribution is -2.01. The molecule has 0 bridgehead atoms. The predicted octanol–water partition coefficient (Wildman–Crippen LogP) is 3.60. The first-order valence-electron chi connectivity index (χ1n) is 5.88. The zero-order chi connectivity index (χ0) is 12.3. The zero-order valence-corrected chi connectivity index (χ0v) is 10.1. The molecular formula is C15H18O2. The summed E-state index contributed by atoms with van der Waals surface area (Å²) < 4.78 is 5.03. The minimum absolute atomic E-state index is 0.293. The Kier molecular flexibility index (Phi) is 6.49. The molecule has 0 heterocycles. The largest absolute Gasteiger partial charge is 0.462 e. The third-order valence-corrected chi connectivity index (χ3v) is 2.14. The predicted molar refractivity (Wildman–Crippen MR) is 70.5 cm³/mol. The van der Waals surface area contributed by atoms with E-state index >= 15 is 0 Å². The highest BCUT2D eigenvalue weighted by atomic mass is 16.5. The van der Waals surface area contributed by atoms with Crippen molar-refractivity contribution in [1.29, 1.82) is 0 Å². The Bertz CT molecular complexity index is 377. The van der Waals surface area contributed by atoms with Crippen LogP contribution in [0.5, 0.6) is 0 Å². The van der Waals surface area contributed by atoms with E-state index in [2.05, 4.69) is 13.0 Å². The number of hydrogen-bond donors (Lipinski definition) is 0. The summed E-state index contributed by atoms with van der Waals surface area (Å²) in [6.07, 6.45) is 9.09. The number of esters is 1. The molecule has 0 amide bonds. The fraction of sp³-hybridized carbons (Fsp3) is 0.267. The van der Waals surface area contributed by atoms with Gasteiger partial charge in [-0.2, -0.15) is 0 Å². The van der Waals surface area contributed by atoms with Gasteiger partial charge in [-0.25, -0.2) is 4.79 Å². The lowest BCUT2D eigenvalue weighted by atomic mass is 10.2. The van der Waals surface area contributed by atoms with Gasteiger partial charge in [0, 0.05) is 6.08 Å². The normalized spacial score (nSPS) is 11.1. The van der Waals surface area contributed by atoms with E-state index in [9.17, 15) is 4.79 Å². The number of ether oxygens (including phenoxy) is 1. The molecule has 0 fully saturated rings. The summed E-state index contributed by atoms with van der Waals surface area (Å²) in [7, 11) is 0. The van der Waals surface area contributed by atoms with Crippen LogP contribution in [0.4, 0.5) is 0 Å². The summed E-state index contributed by atoms with van der Waals surface area (Å²) in [5.41, 5.74) is 0.996. The molecular weight excluding hydrogens is 212 g/mol. The first kappa shape index (κ1) is 13.2. The van der Waals surface area contributed by atoms with Crippen LogP contribution in [0, 0.1) is 0 Å². The molecule has 0 saturated heterocycles. The van der Waals surface area contributed by atoms with Gasteiger partial charge in [0.1, 0.15) is 0 Å². The van der Waals surface area contributed by atoms with Crippen LogP contribution in [0.2, 0.25) is 0 Å². The smallest absolute Gasteiger partial charge is 0.330 e. The number of allylic oxidation sites excluding steroid dienone is 1. The van der Waals surface area contributed by atoms with Crippen molar-refractivity contribution < 1.29 is 9.53 Å². The highest BCUT2D eigenvalue weighted by Crippen LogP contribution is 2.01. The Morgan fingerprint density at radius 1 is 1.24 bits per heavy atom. The quantitative estimate of drug-likeness (QED) is 0.323. The van der Waals surface area contributed by atoms with Crippen molar-refractivity contribution in [3.8, 4) is 0 Å². The maximum Gasteiger partial charge on any atom is 0.330 e. The molecule has 0 aliphatic rings. The lowest BCUT2D eigenvalue weighted by Gasteiger charge is -1.98. The van der Waals surface area contributed by atoms with Crippen LogP contribution in [0.1, 0.15) is 25.3 Å². The fourth-order valence-corrected chi connectivity index (χ4v) is 1.29. The number of hydrogen-bond acceptors (Lipinski definition) is 2. The van der Waals surface area contributed by atoms with Gasteiger partial charge in [0.05, 0.1) is 6.61 Å². The van der Waals surface area contributed by atoms with Crippen molar-refractivity contribution in [3.05, 3.63) is 54.1 Å². The van der Waals surface area contributed by atoms with Crippen LogP contribution >= 0.6 is 0 Å². The topological polar surface area (TPSA) is 26.3 Å². The van der Waals surface area contributed by atoms with Gasteiger partial charge >= 0.3 is 5.97 Å². The van der Waals surface area contributed by atoms with Gasteiger partial charge in [-0.05, 0) is 24.5 Å². The maximum absolute atomic E-state index is 11.3. The number of carbonyl (C=O) groups excluding carboxylic acids is 1. The zero-order valence-electron chi connectivity index (χ0n) is 10.1. The van der Waals surface area contributed by atoms with E-state index in [1.165, 1.54) is 6.08 Å². The van der Waals surface area contributed by atoms with Crippen molar-refractivity contribution >= 4 is 12.0 Å². The average Bonchev–Trinajstić information content (AvgIpc) is 2.37. The summed E-state index contributed by atoms with van der Waals surface area (Å²) in [5, 5.41) is 0.